The van der Waals surface area contributed by atoms with Crippen molar-refractivity contribution in [2.75, 3.05) is 46.4 Å². The van der Waals surface area contributed by atoms with Crippen LogP contribution in [0.3, 0.4) is 0 Å². The third-order valence-corrected chi connectivity index (χ3v) is 3.91. The maximum atomic E-state index is 12.2. The van der Waals surface area contributed by atoms with Gasteiger partial charge in [0.15, 0.2) is 0 Å². The van der Waals surface area contributed by atoms with Crippen molar-refractivity contribution in [2.24, 2.45) is 0 Å². The first-order chi connectivity index (χ1) is 12.1. The molecule has 1 fully saturated rings. The van der Waals surface area contributed by atoms with Crippen LogP contribution in [0.15, 0.2) is 24.3 Å². The molecule has 3 amide bonds. The number of hydrogen-bond donors (Lipinski definition) is 1. The largest absolute Gasteiger partial charge is 0.496 e. The van der Waals surface area contributed by atoms with E-state index in [0.717, 1.165) is 0 Å². The topological polar surface area (TPSA) is 88.2 Å². The summed E-state index contributed by atoms with van der Waals surface area (Å²) in [6, 6.07) is 6.82. The zero-order chi connectivity index (χ0) is 18.2. The SMILES string of the molecule is CCOC(=O)N1CCN(C(=O)CNC(=O)c2ccccc2OC)CC1. The number of carbonyl (C=O) groups is 3. The minimum Gasteiger partial charge on any atom is -0.496 e. The number of nitrogens with one attached hydrogen (secondary N) is 1. The molecule has 1 aliphatic rings. The van der Waals surface area contributed by atoms with Crippen LogP contribution in [-0.2, 0) is 9.53 Å². The molecule has 136 valence electrons. The van der Waals surface area contributed by atoms with Gasteiger partial charge in [-0.3, -0.25) is 9.59 Å². The number of nitrogens with zero attached hydrogens (tertiary/aromatic N) is 2. The smallest absolute Gasteiger partial charge is 0.409 e. The fourth-order valence-electron chi connectivity index (χ4n) is 2.55. The molecule has 8 nitrogen and oxygen atoms in total. The van der Waals surface area contributed by atoms with E-state index in [1.807, 2.05) is 0 Å². The van der Waals surface area contributed by atoms with E-state index in [2.05, 4.69) is 5.32 Å². The van der Waals surface area contributed by atoms with Gasteiger partial charge in [-0.2, -0.15) is 0 Å². The lowest BCUT2D eigenvalue weighted by atomic mass is 10.2. The molecule has 0 bridgehead atoms. The van der Waals surface area contributed by atoms with E-state index in [9.17, 15) is 14.4 Å². The highest BCUT2D eigenvalue weighted by Crippen LogP contribution is 2.16. The Morgan fingerprint density at radius 1 is 1.08 bits per heavy atom. The van der Waals surface area contributed by atoms with E-state index >= 15 is 0 Å². The number of para-hydroxylation sites is 1. The zero-order valence-corrected chi connectivity index (χ0v) is 14.5. The summed E-state index contributed by atoms with van der Waals surface area (Å²) in [5, 5.41) is 2.61. The van der Waals surface area contributed by atoms with Gasteiger partial charge in [-0.1, -0.05) is 12.1 Å². The van der Waals surface area contributed by atoms with Gasteiger partial charge in [0, 0.05) is 26.2 Å². The molecule has 1 aromatic rings. The normalized spacial score (nSPS) is 14.0. The molecule has 8 heteroatoms. The van der Waals surface area contributed by atoms with Crippen LogP contribution in [0.5, 0.6) is 5.75 Å². The highest BCUT2D eigenvalue weighted by molar-refractivity contribution is 5.98. The molecule has 1 heterocycles. The van der Waals surface area contributed by atoms with Gasteiger partial charge in [-0.05, 0) is 19.1 Å². The van der Waals surface area contributed by atoms with Gasteiger partial charge in [-0.15, -0.1) is 0 Å². The molecule has 1 aliphatic heterocycles. The number of piperazine rings is 1. The lowest BCUT2D eigenvalue weighted by molar-refractivity contribution is -0.131. The molecule has 2 rings (SSSR count). The van der Waals surface area contributed by atoms with E-state index in [4.69, 9.17) is 9.47 Å². The van der Waals surface area contributed by atoms with E-state index in [1.54, 1.807) is 41.0 Å². The maximum absolute atomic E-state index is 12.2. The Bertz CT molecular complexity index is 626. The quantitative estimate of drug-likeness (QED) is 0.846. The second kappa shape index (κ2) is 8.91. The molecule has 1 aromatic carbocycles. The summed E-state index contributed by atoms with van der Waals surface area (Å²) in [5.74, 6) is -0.0989. The summed E-state index contributed by atoms with van der Waals surface area (Å²) in [6.07, 6.45) is -0.362. The molecule has 0 unspecified atom stereocenters. The molecule has 0 radical (unpaired) electrons. The summed E-state index contributed by atoms with van der Waals surface area (Å²) in [6.45, 7) is 3.66. The van der Waals surface area contributed by atoms with Crippen molar-refractivity contribution in [3.05, 3.63) is 29.8 Å². The number of carbonyl (C=O) groups excluding carboxylic acids is 3. The van der Waals surface area contributed by atoms with Crippen LogP contribution in [0.4, 0.5) is 4.79 Å². The second-order valence-corrected chi connectivity index (χ2v) is 5.45. The van der Waals surface area contributed by atoms with Crippen molar-refractivity contribution in [3.63, 3.8) is 0 Å². The van der Waals surface area contributed by atoms with Gasteiger partial charge in [0.05, 0.1) is 25.8 Å². The summed E-state index contributed by atoms with van der Waals surface area (Å²) >= 11 is 0. The lowest BCUT2D eigenvalue weighted by Crippen LogP contribution is -2.52. The van der Waals surface area contributed by atoms with Crippen molar-refractivity contribution < 1.29 is 23.9 Å². The number of hydrogen-bond acceptors (Lipinski definition) is 5. The Labute approximate surface area is 146 Å². The van der Waals surface area contributed by atoms with Crippen molar-refractivity contribution >= 4 is 17.9 Å². The van der Waals surface area contributed by atoms with Crippen molar-refractivity contribution in [1.82, 2.24) is 15.1 Å². The number of methoxy groups -OCH3 is 1. The molecule has 0 spiro atoms. The first kappa shape index (κ1) is 18.6. The summed E-state index contributed by atoms with van der Waals surface area (Å²) in [4.78, 5) is 39.3. The molecular formula is C17H23N3O5. The molecule has 1 saturated heterocycles. The molecule has 0 aromatic heterocycles. The second-order valence-electron chi connectivity index (χ2n) is 5.45. The van der Waals surface area contributed by atoms with E-state index in [1.165, 1.54) is 7.11 Å². The maximum Gasteiger partial charge on any atom is 0.409 e. The van der Waals surface area contributed by atoms with Gasteiger partial charge in [0.1, 0.15) is 5.75 Å². The Kier molecular flexibility index (Phi) is 6.62. The zero-order valence-electron chi connectivity index (χ0n) is 14.5. The van der Waals surface area contributed by atoms with Gasteiger partial charge < -0.3 is 24.6 Å². The average molecular weight is 349 g/mol. The van der Waals surface area contributed by atoms with Crippen LogP contribution in [0.1, 0.15) is 17.3 Å². The Balaban J connectivity index is 1.81. The number of rotatable bonds is 5. The van der Waals surface area contributed by atoms with Crippen molar-refractivity contribution in [2.45, 2.75) is 6.92 Å². The van der Waals surface area contributed by atoms with Gasteiger partial charge in [0.2, 0.25) is 5.91 Å². The fraction of sp³-hybridized carbons (Fsp3) is 0.471. The Hall–Kier alpha value is -2.77. The van der Waals surface area contributed by atoms with E-state index in [0.29, 0.717) is 44.1 Å². The van der Waals surface area contributed by atoms with Crippen LogP contribution in [-0.4, -0.2) is 74.1 Å². The van der Waals surface area contributed by atoms with Crippen LogP contribution >= 0.6 is 0 Å². The Morgan fingerprint density at radius 3 is 2.36 bits per heavy atom. The minimum absolute atomic E-state index is 0.101. The third kappa shape index (κ3) is 4.85. The van der Waals surface area contributed by atoms with Crippen molar-refractivity contribution in [1.29, 1.82) is 0 Å². The molecule has 1 N–H and O–H groups in total. The van der Waals surface area contributed by atoms with Gasteiger partial charge in [-0.25, -0.2) is 4.79 Å². The standard InChI is InChI=1S/C17H23N3O5/c1-3-25-17(23)20-10-8-19(9-11-20)15(21)12-18-16(22)13-6-4-5-7-14(13)24-2/h4-7H,3,8-12H2,1-2H3,(H,18,22). The summed E-state index contributed by atoms with van der Waals surface area (Å²) in [7, 11) is 1.49. The molecule has 0 aliphatic carbocycles. The van der Waals surface area contributed by atoms with Crippen LogP contribution in [0, 0.1) is 0 Å². The summed E-state index contributed by atoms with van der Waals surface area (Å²) in [5.41, 5.74) is 0.380. The summed E-state index contributed by atoms with van der Waals surface area (Å²) < 4.78 is 10.1. The van der Waals surface area contributed by atoms with Gasteiger partial charge in [0.25, 0.3) is 5.91 Å². The minimum atomic E-state index is -0.365. The van der Waals surface area contributed by atoms with Crippen LogP contribution in [0.25, 0.3) is 0 Å². The van der Waals surface area contributed by atoms with E-state index < -0.39 is 0 Å². The lowest BCUT2D eigenvalue weighted by Gasteiger charge is -2.34. The fourth-order valence-corrected chi connectivity index (χ4v) is 2.55. The highest BCUT2D eigenvalue weighted by atomic mass is 16.6. The third-order valence-electron chi connectivity index (χ3n) is 3.91. The molecular weight excluding hydrogens is 326 g/mol. The van der Waals surface area contributed by atoms with E-state index in [-0.39, 0.29) is 24.5 Å². The first-order valence-electron chi connectivity index (χ1n) is 8.17. The molecule has 25 heavy (non-hydrogen) atoms. The monoisotopic (exact) mass is 349 g/mol. The Morgan fingerprint density at radius 2 is 1.72 bits per heavy atom. The number of benzene rings is 1. The molecule has 0 atom stereocenters. The predicted octanol–water partition coefficient (Wildman–Crippen LogP) is 0.726. The number of ether oxygens (including phenoxy) is 2. The predicted molar refractivity (Wildman–Crippen MR) is 90.5 cm³/mol. The van der Waals surface area contributed by atoms with Crippen molar-refractivity contribution in [3.8, 4) is 5.75 Å². The number of amides is 3. The molecule has 0 saturated carbocycles. The van der Waals surface area contributed by atoms with Crippen LogP contribution < -0.4 is 10.1 Å². The average Bonchev–Trinajstić information content (AvgIpc) is 2.66. The van der Waals surface area contributed by atoms with Gasteiger partial charge >= 0.3 is 6.09 Å². The first-order valence-corrected chi connectivity index (χ1v) is 8.17. The highest BCUT2D eigenvalue weighted by Gasteiger charge is 2.25. The van der Waals surface area contributed by atoms with Crippen LogP contribution in [0.2, 0.25) is 0 Å².